The second kappa shape index (κ2) is 8.80. The molecule has 1 saturated heterocycles. The summed E-state index contributed by atoms with van der Waals surface area (Å²) in [6, 6.07) is 9.97. The molecule has 1 fully saturated rings. The Labute approximate surface area is 142 Å². The van der Waals surface area contributed by atoms with Gasteiger partial charge in [0.25, 0.3) is 0 Å². The number of methoxy groups -OCH3 is 2. The van der Waals surface area contributed by atoms with E-state index in [-0.39, 0.29) is 18.4 Å². The first-order chi connectivity index (χ1) is 11.6. The largest absolute Gasteiger partial charge is 0.469 e. The highest BCUT2D eigenvalue weighted by Gasteiger charge is 2.44. The summed E-state index contributed by atoms with van der Waals surface area (Å²) >= 11 is 0. The van der Waals surface area contributed by atoms with Gasteiger partial charge in [-0.05, 0) is 12.0 Å². The summed E-state index contributed by atoms with van der Waals surface area (Å²) in [5.74, 6) is -0.515. The number of benzene rings is 1. The van der Waals surface area contributed by atoms with Gasteiger partial charge in [0.2, 0.25) is 0 Å². The van der Waals surface area contributed by atoms with Crippen molar-refractivity contribution in [2.24, 2.45) is 5.41 Å². The molecule has 24 heavy (non-hydrogen) atoms. The number of hydrogen-bond donors (Lipinski definition) is 0. The van der Waals surface area contributed by atoms with Crippen LogP contribution >= 0.6 is 0 Å². The Balaban J connectivity index is 2.11. The van der Waals surface area contributed by atoms with E-state index < -0.39 is 5.41 Å². The van der Waals surface area contributed by atoms with Crippen molar-refractivity contribution in [3.63, 3.8) is 0 Å². The van der Waals surface area contributed by atoms with Crippen LogP contribution in [-0.2, 0) is 30.3 Å². The van der Waals surface area contributed by atoms with Crippen LogP contribution in [0.25, 0.3) is 0 Å². The zero-order valence-electron chi connectivity index (χ0n) is 14.3. The molecular weight excluding hydrogens is 310 g/mol. The predicted octanol–water partition coefficient (Wildman–Crippen LogP) is 1.63. The summed E-state index contributed by atoms with van der Waals surface area (Å²) in [6.45, 7) is 2.55. The quantitative estimate of drug-likeness (QED) is 0.673. The molecule has 0 N–H and O–H groups in total. The number of hydrogen-bond acceptors (Lipinski definition) is 6. The molecule has 6 heteroatoms. The molecule has 0 saturated carbocycles. The lowest BCUT2D eigenvalue weighted by molar-refractivity contribution is -0.154. The van der Waals surface area contributed by atoms with Crippen molar-refractivity contribution in [3.05, 3.63) is 35.9 Å². The van der Waals surface area contributed by atoms with E-state index in [1.807, 2.05) is 30.3 Å². The topological polar surface area (TPSA) is 65.1 Å². The van der Waals surface area contributed by atoms with Gasteiger partial charge >= 0.3 is 11.9 Å². The summed E-state index contributed by atoms with van der Waals surface area (Å²) in [7, 11) is 2.78. The van der Waals surface area contributed by atoms with Gasteiger partial charge in [-0.2, -0.15) is 0 Å². The molecule has 132 valence electrons. The second-order valence-corrected chi connectivity index (χ2v) is 6.10. The van der Waals surface area contributed by atoms with Gasteiger partial charge in [-0.25, -0.2) is 0 Å². The maximum Gasteiger partial charge on any atom is 0.315 e. The standard InChI is InChI=1S/C18H25NO5/c1-22-16(20)8-10-19(12-15-6-4-3-5-7-15)13-18(17(21)23-2)9-11-24-14-18/h3-7H,8-14H2,1-2H3. The molecule has 1 unspecified atom stereocenters. The lowest BCUT2D eigenvalue weighted by Crippen LogP contribution is -2.44. The Bertz CT molecular complexity index is 540. The third-order valence-corrected chi connectivity index (χ3v) is 4.36. The number of carbonyl (C=O) groups is 2. The van der Waals surface area contributed by atoms with E-state index in [0.29, 0.717) is 39.3 Å². The highest BCUT2D eigenvalue weighted by Crippen LogP contribution is 2.31. The number of carbonyl (C=O) groups excluding carboxylic acids is 2. The van der Waals surface area contributed by atoms with Crippen molar-refractivity contribution in [2.45, 2.75) is 19.4 Å². The van der Waals surface area contributed by atoms with Crippen molar-refractivity contribution >= 4 is 11.9 Å². The van der Waals surface area contributed by atoms with Crippen LogP contribution in [0, 0.1) is 5.41 Å². The van der Waals surface area contributed by atoms with Crippen LogP contribution in [0.3, 0.4) is 0 Å². The van der Waals surface area contributed by atoms with Crippen molar-refractivity contribution in [3.8, 4) is 0 Å². The van der Waals surface area contributed by atoms with E-state index >= 15 is 0 Å². The molecule has 1 aromatic rings. The minimum absolute atomic E-state index is 0.254. The van der Waals surface area contributed by atoms with Gasteiger partial charge in [0.1, 0.15) is 5.41 Å². The minimum Gasteiger partial charge on any atom is -0.469 e. The van der Waals surface area contributed by atoms with E-state index in [0.717, 1.165) is 5.56 Å². The fourth-order valence-electron chi connectivity index (χ4n) is 3.01. The lowest BCUT2D eigenvalue weighted by Gasteiger charge is -2.32. The summed E-state index contributed by atoms with van der Waals surface area (Å²) in [4.78, 5) is 25.9. The van der Waals surface area contributed by atoms with Crippen molar-refractivity contribution in [1.29, 1.82) is 0 Å². The van der Waals surface area contributed by atoms with E-state index in [9.17, 15) is 9.59 Å². The zero-order valence-corrected chi connectivity index (χ0v) is 14.3. The minimum atomic E-state index is -0.667. The Morgan fingerprint density at radius 1 is 1.21 bits per heavy atom. The average molecular weight is 335 g/mol. The van der Waals surface area contributed by atoms with E-state index in [1.165, 1.54) is 14.2 Å². The third-order valence-electron chi connectivity index (χ3n) is 4.36. The van der Waals surface area contributed by atoms with Gasteiger partial charge in [0, 0.05) is 26.2 Å². The molecule has 0 aliphatic carbocycles. The molecule has 1 aliphatic rings. The van der Waals surface area contributed by atoms with E-state index in [1.54, 1.807) is 0 Å². The number of nitrogens with zero attached hydrogens (tertiary/aromatic N) is 1. The molecule has 1 atom stereocenters. The Morgan fingerprint density at radius 2 is 1.96 bits per heavy atom. The van der Waals surface area contributed by atoms with E-state index in [4.69, 9.17) is 14.2 Å². The maximum absolute atomic E-state index is 12.3. The second-order valence-electron chi connectivity index (χ2n) is 6.10. The zero-order chi connectivity index (χ0) is 17.4. The first kappa shape index (κ1) is 18.4. The van der Waals surface area contributed by atoms with Crippen LogP contribution in [-0.4, -0.2) is 57.4 Å². The van der Waals surface area contributed by atoms with Gasteiger partial charge in [-0.3, -0.25) is 14.5 Å². The van der Waals surface area contributed by atoms with Crippen LogP contribution in [0.5, 0.6) is 0 Å². The summed E-state index contributed by atoms with van der Waals surface area (Å²) < 4.78 is 15.2. The van der Waals surface area contributed by atoms with E-state index in [2.05, 4.69) is 4.90 Å². The fourth-order valence-corrected chi connectivity index (χ4v) is 3.01. The number of esters is 2. The first-order valence-electron chi connectivity index (χ1n) is 8.09. The smallest absolute Gasteiger partial charge is 0.315 e. The Morgan fingerprint density at radius 3 is 2.54 bits per heavy atom. The molecule has 0 bridgehead atoms. The first-order valence-corrected chi connectivity index (χ1v) is 8.09. The molecule has 2 rings (SSSR count). The van der Waals surface area contributed by atoms with Crippen LogP contribution < -0.4 is 0 Å². The molecule has 0 aromatic heterocycles. The molecule has 6 nitrogen and oxygen atoms in total. The molecule has 0 radical (unpaired) electrons. The number of rotatable bonds is 8. The highest BCUT2D eigenvalue weighted by molar-refractivity contribution is 5.77. The molecule has 1 aromatic carbocycles. The Hall–Kier alpha value is -1.92. The third kappa shape index (κ3) is 4.79. The molecule has 1 aliphatic heterocycles. The molecular formula is C18H25NO5. The molecule has 1 heterocycles. The molecule has 0 amide bonds. The van der Waals surface area contributed by atoms with Gasteiger partial charge in [0.05, 0.1) is 27.2 Å². The summed E-state index contributed by atoms with van der Waals surface area (Å²) in [5.41, 5.74) is 0.459. The normalized spacial score (nSPS) is 20.1. The Kier molecular flexibility index (Phi) is 6.75. The van der Waals surface area contributed by atoms with Gasteiger partial charge < -0.3 is 14.2 Å². The van der Waals surface area contributed by atoms with Crippen LogP contribution in [0.2, 0.25) is 0 Å². The average Bonchev–Trinajstić information content (AvgIpc) is 3.09. The molecule has 0 spiro atoms. The summed E-state index contributed by atoms with van der Waals surface area (Å²) in [5, 5.41) is 0. The lowest BCUT2D eigenvalue weighted by atomic mass is 9.86. The van der Waals surface area contributed by atoms with Gasteiger partial charge in [-0.15, -0.1) is 0 Å². The van der Waals surface area contributed by atoms with Gasteiger partial charge in [0.15, 0.2) is 0 Å². The van der Waals surface area contributed by atoms with Crippen molar-refractivity contribution < 1.29 is 23.8 Å². The van der Waals surface area contributed by atoms with Gasteiger partial charge in [-0.1, -0.05) is 30.3 Å². The maximum atomic E-state index is 12.3. The number of ether oxygens (including phenoxy) is 3. The SMILES string of the molecule is COC(=O)CCN(Cc1ccccc1)CC1(C(=O)OC)CCOC1. The van der Waals surface area contributed by atoms with Crippen LogP contribution in [0.15, 0.2) is 30.3 Å². The van der Waals surface area contributed by atoms with Crippen LogP contribution in [0.4, 0.5) is 0 Å². The van der Waals surface area contributed by atoms with Crippen LogP contribution in [0.1, 0.15) is 18.4 Å². The predicted molar refractivity (Wildman–Crippen MR) is 88.2 cm³/mol. The highest BCUT2D eigenvalue weighted by atomic mass is 16.5. The van der Waals surface area contributed by atoms with Crippen molar-refractivity contribution in [2.75, 3.05) is 40.5 Å². The summed E-state index contributed by atoms with van der Waals surface area (Å²) in [6.07, 6.45) is 0.907. The van der Waals surface area contributed by atoms with Crippen molar-refractivity contribution in [1.82, 2.24) is 4.90 Å². The monoisotopic (exact) mass is 335 g/mol. The fraction of sp³-hybridized carbons (Fsp3) is 0.556.